The summed E-state index contributed by atoms with van der Waals surface area (Å²) in [5.41, 5.74) is -1.13. The highest BCUT2D eigenvalue weighted by molar-refractivity contribution is 7.91. The third-order valence-electron chi connectivity index (χ3n) is 5.05. The summed E-state index contributed by atoms with van der Waals surface area (Å²) in [5, 5.41) is 2.28. The van der Waals surface area contributed by atoms with Crippen LogP contribution in [-0.4, -0.2) is 32.6 Å². The lowest BCUT2D eigenvalue weighted by Crippen LogP contribution is -2.28. The molecule has 0 bridgehead atoms. The van der Waals surface area contributed by atoms with Crippen LogP contribution in [0.3, 0.4) is 0 Å². The predicted octanol–water partition coefficient (Wildman–Crippen LogP) is 5.18. The van der Waals surface area contributed by atoms with E-state index in [0.717, 1.165) is 30.3 Å². The van der Waals surface area contributed by atoms with Crippen LogP contribution in [0.5, 0.6) is 5.75 Å². The average molecular weight is 519 g/mol. The van der Waals surface area contributed by atoms with Gasteiger partial charge < -0.3 is 10.1 Å². The second-order valence-electron chi connectivity index (χ2n) is 7.54. The molecule has 0 aromatic heterocycles. The van der Waals surface area contributed by atoms with Crippen LogP contribution in [0.1, 0.15) is 24.5 Å². The molecule has 2 aromatic rings. The molecule has 0 saturated heterocycles. The van der Waals surface area contributed by atoms with Gasteiger partial charge in [-0.3, -0.25) is 4.79 Å². The Labute approximate surface area is 197 Å². The van der Waals surface area contributed by atoms with Gasteiger partial charge in [0.05, 0.1) is 12.2 Å². The summed E-state index contributed by atoms with van der Waals surface area (Å²) >= 11 is 0. The van der Waals surface area contributed by atoms with E-state index in [1.807, 2.05) is 0 Å². The summed E-state index contributed by atoms with van der Waals surface area (Å²) in [4.78, 5) is 11.8. The molecule has 0 fully saturated rings. The molecule has 1 amide bonds. The fourth-order valence-electron chi connectivity index (χ4n) is 3.49. The molecule has 35 heavy (non-hydrogen) atoms. The Morgan fingerprint density at radius 2 is 1.83 bits per heavy atom. The van der Waals surface area contributed by atoms with Gasteiger partial charge in [0.1, 0.15) is 28.5 Å². The minimum atomic E-state index is -5.07. The molecule has 0 saturated carbocycles. The number of alkyl halides is 4. The smallest absolute Gasteiger partial charge is 0.405 e. The third-order valence-corrected chi connectivity index (χ3v) is 6.81. The van der Waals surface area contributed by atoms with E-state index < -0.39 is 74.5 Å². The van der Waals surface area contributed by atoms with Crippen molar-refractivity contribution in [3.63, 3.8) is 0 Å². The van der Waals surface area contributed by atoms with E-state index in [1.165, 1.54) is 25.1 Å². The first-order valence-corrected chi connectivity index (χ1v) is 11.9. The van der Waals surface area contributed by atoms with E-state index in [4.69, 9.17) is 0 Å². The van der Waals surface area contributed by atoms with Crippen LogP contribution < -0.4 is 10.1 Å². The summed E-state index contributed by atoms with van der Waals surface area (Å²) < 4.78 is 109. The number of benzene rings is 2. The van der Waals surface area contributed by atoms with Gasteiger partial charge in [0.2, 0.25) is 5.91 Å². The first-order valence-electron chi connectivity index (χ1n) is 10.2. The first kappa shape index (κ1) is 26.3. The van der Waals surface area contributed by atoms with Crippen molar-refractivity contribution in [2.24, 2.45) is 0 Å². The molecule has 1 aliphatic carbocycles. The fraction of sp³-hybridized carbons (Fsp3) is 0.261. The van der Waals surface area contributed by atoms with Gasteiger partial charge in [-0.1, -0.05) is 31.2 Å². The zero-order chi connectivity index (χ0) is 26.0. The van der Waals surface area contributed by atoms with Gasteiger partial charge in [-0.05, 0) is 29.8 Å². The lowest BCUT2D eigenvalue weighted by atomic mass is 9.92. The van der Waals surface area contributed by atoms with E-state index >= 15 is 0 Å². The number of hydrogen-bond donors (Lipinski definition) is 1. The monoisotopic (exact) mass is 519 g/mol. The number of carbonyl (C=O) groups excluding carboxylic acids is 1. The molecule has 188 valence electrons. The fourth-order valence-corrected chi connectivity index (χ4v) is 4.43. The van der Waals surface area contributed by atoms with Crippen LogP contribution in [0.4, 0.5) is 26.3 Å². The van der Waals surface area contributed by atoms with E-state index in [2.05, 4.69) is 10.1 Å². The number of carbonyl (C=O) groups is 1. The van der Waals surface area contributed by atoms with E-state index in [1.54, 1.807) is 0 Å². The van der Waals surface area contributed by atoms with Gasteiger partial charge in [0.15, 0.2) is 9.84 Å². The summed E-state index contributed by atoms with van der Waals surface area (Å²) in [6, 6.07) is 7.67. The minimum Gasteiger partial charge on any atom is -0.405 e. The molecule has 3 rings (SSSR count). The van der Waals surface area contributed by atoms with Crippen LogP contribution in [0, 0.1) is 5.82 Å². The minimum absolute atomic E-state index is 0.123. The molecule has 1 atom stereocenters. The molecule has 12 heteroatoms. The van der Waals surface area contributed by atoms with Gasteiger partial charge in [-0.2, -0.15) is 0 Å². The van der Waals surface area contributed by atoms with Crippen molar-refractivity contribution >= 4 is 21.3 Å². The Morgan fingerprint density at radius 1 is 1.14 bits per heavy atom. The highest BCUT2D eigenvalue weighted by atomic mass is 32.2. The molecule has 1 aliphatic rings. The second-order valence-corrected chi connectivity index (χ2v) is 9.79. The quantitative estimate of drug-likeness (QED) is 0.512. The van der Waals surface area contributed by atoms with Gasteiger partial charge >= 0.3 is 6.36 Å². The molecule has 0 spiro atoms. The van der Waals surface area contributed by atoms with Crippen molar-refractivity contribution < 1.29 is 44.3 Å². The highest BCUT2D eigenvalue weighted by Gasteiger charge is 2.34. The highest BCUT2D eigenvalue weighted by Crippen LogP contribution is 2.39. The molecule has 1 unspecified atom stereocenters. The number of allylic oxidation sites excluding steroid dienone is 4. The Balaban J connectivity index is 1.79. The maximum absolute atomic E-state index is 14.8. The number of ether oxygens (including phenoxy) is 1. The average Bonchev–Trinajstić information content (AvgIpc) is 2.73. The van der Waals surface area contributed by atoms with E-state index in [9.17, 15) is 39.6 Å². The van der Waals surface area contributed by atoms with Crippen LogP contribution >= 0.6 is 0 Å². The first-order chi connectivity index (χ1) is 16.3. The van der Waals surface area contributed by atoms with Crippen molar-refractivity contribution in [2.75, 3.05) is 5.75 Å². The van der Waals surface area contributed by atoms with Crippen molar-refractivity contribution in [3.05, 3.63) is 77.0 Å². The molecule has 0 heterocycles. The number of amides is 1. The third kappa shape index (κ3) is 6.44. The number of para-hydroxylation sites is 1. The predicted molar refractivity (Wildman–Crippen MR) is 115 cm³/mol. The van der Waals surface area contributed by atoms with Crippen molar-refractivity contribution in [1.29, 1.82) is 0 Å². The van der Waals surface area contributed by atoms with Crippen molar-refractivity contribution in [1.82, 2.24) is 5.32 Å². The Morgan fingerprint density at radius 3 is 2.43 bits per heavy atom. The molecule has 2 aromatic carbocycles. The van der Waals surface area contributed by atoms with E-state index in [0.29, 0.717) is 0 Å². The number of halogens is 6. The zero-order valence-electron chi connectivity index (χ0n) is 18.1. The lowest BCUT2D eigenvalue weighted by Gasteiger charge is -2.23. The number of nitrogens with one attached hydrogen (secondary N) is 1. The van der Waals surface area contributed by atoms with Crippen LogP contribution in [0.25, 0.3) is 5.57 Å². The Hall–Kier alpha value is -3.28. The molecular weight excluding hydrogens is 500 g/mol. The number of rotatable bonds is 7. The Bertz CT molecular complexity index is 1300. The van der Waals surface area contributed by atoms with Gasteiger partial charge in [0.25, 0.3) is 0 Å². The lowest BCUT2D eigenvalue weighted by molar-refractivity contribution is -0.274. The van der Waals surface area contributed by atoms with Crippen LogP contribution in [-0.2, 0) is 21.1 Å². The SMILES string of the molecule is CCS(=O)(=O)c1ccc(CC(=O)NC2=CC(F)=C(c3ccccc3OC(F)(F)F)C(F)C2)cc1F. The topological polar surface area (TPSA) is 72.5 Å². The summed E-state index contributed by atoms with van der Waals surface area (Å²) in [5.74, 6) is -4.07. The van der Waals surface area contributed by atoms with Crippen molar-refractivity contribution in [3.8, 4) is 5.75 Å². The molecule has 5 nitrogen and oxygen atoms in total. The summed E-state index contributed by atoms with van der Waals surface area (Å²) in [6.07, 6.45) is -7.34. The standard InChI is InChI=1S/C23H19F6NO4S/c1-2-35(32,33)20-8-7-13(9-16(20)24)10-21(31)30-14-11-17(25)22(18(26)12-14)15-5-3-4-6-19(15)34-23(27,28)29/h3-9,11,18H,2,10,12H2,1H3,(H,30,31). The summed E-state index contributed by atoms with van der Waals surface area (Å²) in [7, 11) is -3.79. The van der Waals surface area contributed by atoms with Crippen LogP contribution in [0.15, 0.2) is 65.0 Å². The number of sulfone groups is 1. The molecule has 0 radical (unpaired) electrons. The molecule has 1 N–H and O–H groups in total. The maximum atomic E-state index is 14.8. The largest absolute Gasteiger partial charge is 0.573 e. The van der Waals surface area contributed by atoms with E-state index in [-0.39, 0.29) is 17.0 Å². The number of hydrogen-bond acceptors (Lipinski definition) is 4. The van der Waals surface area contributed by atoms with Gasteiger partial charge in [-0.25, -0.2) is 21.6 Å². The Kier molecular flexibility index (Phi) is 7.63. The summed E-state index contributed by atoms with van der Waals surface area (Å²) in [6.45, 7) is 1.35. The van der Waals surface area contributed by atoms with Gasteiger partial charge in [0, 0.05) is 23.3 Å². The second kappa shape index (κ2) is 10.1. The normalized spacial score (nSPS) is 16.7. The maximum Gasteiger partial charge on any atom is 0.573 e. The molecule has 0 aliphatic heterocycles. The van der Waals surface area contributed by atoms with Gasteiger partial charge in [-0.15, -0.1) is 13.2 Å². The van der Waals surface area contributed by atoms with Crippen molar-refractivity contribution in [2.45, 2.75) is 37.2 Å². The van der Waals surface area contributed by atoms with Crippen LogP contribution in [0.2, 0.25) is 0 Å². The molecular formula is C23H19F6NO4S. The zero-order valence-corrected chi connectivity index (χ0v) is 18.9.